The normalized spacial score (nSPS) is 13.4. The van der Waals surface area contributed by atoms with E-state index in [1.165, 1.54) is 35.5 Å². The minimum Gasteiger partial charge on any atom is -0.290 e. The summed E-state index contributed by atoms with van der Waals surface area (Å²) < 4.78 is 0.692. The average molecular weight is 403 g/mol. The number of carbonyl (C=O) groups excluding carboxylic acids is 3. The number of nitrogens with one attached hydrogen (secondary N) is 1. The molecule has 1 N–H and O–H groups in total. The van der Waals surface area contributed by atoms with Crippen LogP contribution in [0.2, 0.25) is 0 Å². The first-order valence-electron chi connectivity index (χ1n) is 7.66. The van der Waals surface area contributed by atoms with Crippen molar-refractivity contribution < 1.29 is 14.4 Å². The molecule has 3 amide bonds. The molecule has 2 heterocycles. The Balaban J connectivity index is 1.84. The molecule has 7 nitrogen and oxygen atoms in total. The van der Waals surface area contributed by atoms with Gasteiger partial charge >= 0.3 is 0 Å². The summed E-state index contributed by atoms with van der Waals surface area (Å²) in [5, 5.41) is 2.55. The maximum atomic E-state index is 12.5. The highest BCUT2D eigenvalue weighted by molar-refractivity contribution is 9.10. The average Bonchev–Trinajstić information content (AvgIpc) is 2.81. The zero-order valence-corrected chi connectivity index (χ0v) is 15.2. The number of benzene rings is 1. The second-order valence-electron chi connectivity index (χ2n) is 6.05. The van der Waals surface area contributed by atoms with Crippen LogP contribution in [-0.4, -0.2) is 39.1 Å². The minimum atomic E-state index is -0.451. The van der Waals surface area contributed by atoms with E-state index in [2.05, 4.69) is 31.2 Å². The van der Waals surface area contributed by atoms with Gasteiger partial charge in [0, 0.05) is 24.5 Å². The van der Waals surface area contributed by atoms with Crippen LogP contribution in [0.3, 0.4) is 0 Å². The van der Waals surface area contributed by atoms with Gasteiger partial charge in [0.2, 0.25) is 5.95 Å². The van der Waals surface area contributed by atoms with E-state index in [0.29, 0.717) is 16.6 Å². The van der Waals surface area contributed by atoms with Gasteiger partial charge in [-0.3, -0.25) is 24.6 Å². The first-order valence-corrected chi connectivity index (χ1v) is 8.45. The largest absolute Gasteiger partial charge is 0.290 e. The fraction of sp³-hybridized carbons (Fsp3) is 0.235. The molecule has 0 fully saturated rings. The van der Waals surface area contributed by atoms with Gasteiger partial charge in [0.25, 0.3) is 17.7 Å². The van der Waals surface area contributed by atoms with Crippen LogP contribution < -0.4 is 5.32 Å². The summed E-state index contributed by atoms with van der Waals surface area (Å²) in [5.41, 5.74) is 0.829. The summed E-state index contributed by atoms with van der Waals surface area (Å²) in [6.07, 6.45) is 3.02. The van der Waals surface area contributed by atoms with E-state index in [1.54, 1.807) is 0 Å². The lowest BCUT2D eigenvalue weighted by Gasteiger charge is -2.15. The fourth-order valence-corrected chi connectivity index (χ4v) is 2.72. The molecule has 3 rings (SSSR count). The number of anilines is 1. The number of carbonyl (C=O) groups is 3. The summed E-state index contributed by atoms with van der Waals surface area (Å²) in [5.74, 6) is -0.829. The standard InChI is InChI=1S/C17H15BrN4O3/c1-9(2)8-22-15(24)12-4-3-10(5-13(12)16(22)25)14(23)21-17-19-6-11(18)7-20-17/h3-7,9H,8H2,1-2H3,(H,19,20,21,23). The maximum Gasteiger partial charge on any atom is 0.261 e. The molecule has 0 saturated heterocycles. The van der Waals surface area contributed by atoms with Crippen LogP contribution in [0.25, 0.3) is 0 Å². The molecular weight excluding hydrogens is 388 g/mol. The maximum absolute atomic E-state index is 12.5. The van der Waals surface area contributed by atoms with Crippen molar-refractivity contribution in [2.75, 3.05) is 11.9 Å². The molecule has 1 aliphatic rings. The van der Waals surface area contributed by atoms with Crippen LogP contribution in [0.1, 0.15) is 44.9 Å². The van der Waals surface area contributed by atoms with E-state index in [0.717, 1.165) is 0 Å². The fourth-order valence-electron chi connectivity index (χ4n) is 2.51. The Morgan fingerprint density at radius 1 is 1.16 bits per heavy atom. The predicted octanol–water partition coefficient (Wildman–Crippen LogP) is 2.74. The van der Waals surface area contributed by atoms with Crippen molar-refractivity contribution in [1.29, 1.82) is 0 Å². The van der Waals surface area contributed by atoms with Gasteiger partial charge in [-0.05, 0) is 40.0 Å². The van der Waals surface area contributed by atoms with Crippen molar-refractivity contribution in [2.45, 2.75) is 13.8 Å². The van der Waals surface area contributed by atoms with Crippen molar-refractivity contribution in [1.82, 2.24) is 14.9 Å². The highest BCUT2D eigenvalue weighted by atomic mass is 79.9. The third kappa shape index (κ3) is 3.43. The molecule has 0 atom stereocenters. The molecule has 1 aromatic carbocycles. The number of hydrogen-bond acceptors (Lipinski definition) is 5. The second-order valence-corrected chi connectivity index (χ2v) is 6.97. The highest BCUT2D eigenvalue weighted by Gasteiger charge is 2.36. The van der Waals surface area contributed by atoms with Gasteiger partial charge < -0.3 is 0 Å². The molecule has 128 valence electrons. The molecule has 0 radical (unpaired) electrons. The Morgan fingerprint density at radius 3 is 2.44 bits per heavy atom. The van der Waals surface area contributed by atoms with Crippen LogP contribution in [0.15, 0.2) is 35.1 Å². The Hall–Kier alpha value is -2.61. The van der Waals surface area contributed by atoms with Gasteiger partial charge in [-0.1, -0.05) is 13.8 Å². The number of fused-ring (bicyclic) bond motifs is 1. The van der Waals surface area contributed by atoms with Crippen molar-refractivity contribution >= 4 is 39.6 Å². The smallest absolute Gasteiger partial charge is 0.261 e. The van der Waals surface area contributed by atoms with Gasteiger partial charge in [-0.15, -0.1) is 0 Å². The number of nitrogens with zero attached hydrogens (tertiary/aromatic N) is 3. The Bertz CT molecular complexity index is 865. The lowest BCUT2D eigenvalue weighted by atomic mass is 10.1. The van der Waals surface area contributed by atoms with Gasteiger partial charge in [-0.25, -0.2) is 9.97 Å². The minimum absolute atomic E-state index is 0.150. The SMILES string of the molecule is CC(C)CN1C(=O)c2ccc(C(=O)Nc3ncc(Br)cn3)cc2C1=O. The summed E-state index contributed by atoms with van der Waals surface area (Å²) in [7, 11) is 0. The van der Waals surface area contributed by atoms with Crippen LogP contribution in [0, 0.1) is 5.92 Å². The molecule has 8 heteroatoms. The van der Waals surface area contributed by atoms with E-state index in [4.69, 9.17) is 0 Å². The third-order valence-electron chi connectivity index (χ3n) is 3.63. The molecular formula is C17H15BrN4O3. The Kier molecular flexibility index (Phi) is 4.63. The summed E-state index contributed by atoms with van der Waals surface area (Å²) in [4.78, 5) is 46.3. The van der Waals surface area contributed by atoms with E-state index >= 15 is 0 Å². The number of halogens is 1. The van der Waals surface area contributed by atoms with Gasteiger partial charge in [-0.2, -0.15) is 0 Å². The molecule has 2 aromatic rings. The number of amides is 3. The zero-order valence-electron chi connectivity index (χ0n) is 13.6. The van der Waals surface area contributed by atoms with Gasteiger partial charge in [0.1, 0.15) is 0 Å². The monoisotopic (exact) mass is 402 g/mol. The number of aromatic nitrogens is 2. The molecule has 25 heavy (non-hydrogen) atoms. The molecule has 0 spiro atoms. The predicted molar refractivity (Wildman–Crippen MR) is 94.3 cm³/mol. The zero-order chi connectivity index (χ0) is 18.1. The summed E-state index contributed by atoms with van der Waals surface area (Å²) in [6.45, 7) is 4.21. The quantitative estimate of drug-likeness (QED) is 0.793. The van der Waals surface area contributed by atoms with Gasteiger partial charge in [0.05, 0.1) is 15.6 Å². The summed E-state index contributed by atoms with van der Waals surface area (Å²) >= 11 is 3.21. The molecule has 0 aliphatic carbocycles. The molecule has 1 aromatic heterocycles. The highest BCUT2D eigenvalue weighted by Crippen LogP contribution is 2.25. The van der Waals surface area contributed by atoms with Crippen molar-refractivity contribution in [3.63, 3.8) is 0 Å². The topological polar surface area (TPSA) is 92.3 Å². The Morgan fingerprint density at radius 2 is 1.80 bits per heavy atom. The number of imide groups is 1. The lowest BCUT2D eigenvalue weighted by Crippen LogP contribution is -2.33. The van der Waals surface area contributed by atoms with Crippen molar-refractivity contribution in [3.8, 4) is 0 Å². The van der Waals surface area contributed by atoms with Crippen LogP contribution in [-0.2, 0) is 0 Å². The first kappa shape index (κ1) is 17.2. The Labute approximate surface area is 152 Å². The van der Waals surface area contributed by atoms with E-state index in [9.17, 15) is 14.4 Å². The molecule has 1 aliphatic heterocycles. The van der Waals surface area contributed by atoms with Crippen LogP contribution >= 0.6 is 15.9 Å². The molecule has 0 unspecified atom stereocenters. The van der Waals surface area contributed by atoms with Crippen molar-refractivity contribution in [3.05, 3.63) is 51.8 Å². The molecule has 0 bridgehead atoms. The van der Waals surface area contributed by atoms with Gasteiger partial charge in [0.15, 0.2) is 0 Å². The van der Waals surface area contributed by atoms with Crippen LogP contribution in [0.5, 0.6) is 0 Å². The van der Waals surface area contributed by atoms with E-state index in [-0.39, 0.29) is 34.8 Å². The summed E-state index contributed by atoms with van der Waals surface area (Å²) in [6, 6.07) is 4.45. The van der Waals surface area contributed by atoms with E-state index < -0.39 is 5.91 Å². The molecule has 0 saturated carbocycles. The lowest BCUT2D eigenvalue weighted by molar-refractivity contribution is 0.0636. The van der Waals surface area contributed by atoms with Crippen molar-refractivity contribution in [2.24, 2.45) is 5.92 Å². The second kappa shape index (κ2) is 6.72. The third-order valence-corrected chi connectivity index (χ3v) is 4.04. The van der Waals surface area contributed by atoms with Crippen LogP contribution in [0.4, 0.5) is 5.95 Å². The van der Waals surface area contributed by atoms with E-state index in [1.807, 2.05) is 13.8 Å². The first-order chi connectivity index (χ1) is 11.9. The number of rotatable bonds is 4. The number of hydrogen-bond donors (Lipinski definition) is 1.